The molecule has 1 aliphatic rings. The molecular weight excluding hydrogens is 547 g/mol. The molecule has 0 spiro atoms. The highest BCUT2D eigenvalue weighted by Crippen LogP contribution is 2.41. The van der Waals surface area contributed by atoms with Gasteiger partial charge in [-0.15, -0.1) is 0 Å². The van der Waals surface area contributed by atoms with Gasteiger partial charge in [0.2, 0.25) is 0 Å². The first-order chi connectivity index (χ1) is 20.9. The number of urea groups is 1. The summed E-state index contributed by atoms with van der Waals surface area (Å²) in [4.78, 5) is 17.3. The Morgan fingerprint density at radius 2 is 1.81 bits per heavy atom. The van der Waals surface area contributed by atoms with Gasteiger partial charge in [-0.1, -0.05) is 30.3 Å². The Kier molecular flexibility index (Phi) is 9.38. The number of methoxy groups -OCH3 is 2. The quantitative estimate of drug-likeness (QED) is 0.164. The van der Waals surface area contributed by atoms with Gasteiger partial charge in [0, 0.05) is 48.8 Å². The van der Waals surface area contributed by atoms with Crippen LogP contribution < -0.4 is 36.5 Å². The largest absolute Gasteiger partial charge is 0.493 e. The second-order valence-corrected chi connectivity index (χ2v) is 10.5. The van der Waals surface area contributed by atoms with Gasteiger partial charge in [-0.2, -0.15) is 0 Å². The number of rotatable bonds is 11. The average Bonchev–Trinajstić information content (AvgIpc) is 3.02. The monoisotopic (exact) mass is 584 g/mol. The third kappa shape index (κ3) is 7.04. The molecule has 3 aromatic carbocycles. The van der Waals surface area contributed by atoms with E-state index in [-0.39, 0.29) is 11.8 Å². The van der Waals surface area contributed by atoms with Gasteiger partial charge in [0.1, 0.15) is 11.6 Å². The molecule has 0 radical (unpaired) electrons. The highest BCUT2D eigenvalue weighted by molar-refractivity contribution is 5.88. The van der Waals surface area contributed by atoms with E-state index < -0.39 is 5.54 Å². The zero-order valence-corrected chi connectivity index (χ0v) is 24.4. The molecule has 2 amide bonds. The van der Waals surface area contributed by atoms with Crippen molar-refractivity contribution in [3.05, 3.63) is 107 Å². The molecule has 0 fully saturated rings. The molecule has 1 atom stereocenters. The molecular formula is C33H37FN6O3. The summed E-state index contributed by atoms with van der Waals surface area (Å²) in [5.74, 6) is 1.43. The van der Waals surface area contributed by atoms with Crippen LogP contribution in [0.3, 0.4) is 0 Å². The number of pyridine rings is 1. The standard InChI is InChI=1S/C33H37FN6O3/c1-42-29-17-23-11-15-38-33(27(23)19-30(29)43-2,20-22-7-9-25(34)10-8-22)13-16-37-32(41)40-31-18-26(12-14-36-31)39-28-6-4-3-5-24(28)21-35/h3-10,12,14,17-19,38H,11,13,15-16,20-21,35H2,1-2H3,(H3,36,37,39,40,41). The number of nitrogens with two attached hydrogens (primary N) is 1. The third-order valence-electron chi connectivity index (χ3n) is 7.76. The zero-order chi connectivity index (χ0) is 30.2. The van der Waals surface area contributed by atoms with E-state index in [0.29, 0.717) is 43.2 Å². The summed E-state index contributed by atoms with van der Waals surface area (Å²) in [5, 5.41) is 12.9. The first kappa shape index (κ1) is 29.8. The number of aromatic nitrogens is 1. The summed E-state index contributed by atoms with van der Waals surface area (Å²) in [6.07, 6.45) is 3.62. The number of para-hydroxylation sites is 1. The topological polar surface area (TPSA) is 123 Å². The number of nitrogens with zero attached hydrogens (tertiary/aromatic N) is 1. The van der Waals surface area contributed by atoms with Gasteiger partial charge < -0.3 is 31.2 Å². The molecule has 224 valence electrons. The van der Waals surface area contributed by atoms with Crippen LogP contribution in [-0.4, -0.2) is 38.3 Å². The average molecular weight is 585 g/mol. The van der Waals surface area contributed by atoms with Gasteiger partial charge in [0.25, 0.3) is 0 Å². The van der Waals surface area contributed by atoms with Crippen molar-refractivity contribution in [3.8, 4) is 11.5 Å². The number of halogens is 1. The Morgan fingerprint density at radius 3 is 2.58 bits per heavy atom. The summed E-state index contributed by atoms with van der Waals surface area (Å²) in [6.45, 7) is 1.52. The lowest BCUT2D eigenvalue weighted by Crippen LogP contribution is -2.51. The van der Waals surface area contributed by atoms with Gasteiger partial charge >= 0.3 is 6.03 Å². The fourth-order valence-electron chi connectivity index (χ4n) is 5.63. The lowest BCUT2D eigenvalue weighted by Gasteiger charge is -2.41. The number of carbonyl (C=O) groups excluding carboxylic acids is 1. The minimum absolute atomic E-state index is 0.281. The van der Waals surface area contributed by atoms with E-state index in [0.717, 1.165) is 46.6 Å². The minimum atomic E-state index is -0.531. The lowest BCUT2D eigenvalue weighted by molar-refractivity contribution is 0.246. The smallest absolute Gasteiger partial charge is 0.320 e. The number of ether oxygens (including phenoxy) is 2. The Hall–Kier alpha value is -4.67. The van der Waals surface area contributed by atoms with Crippen molar-refractivity contribution in [3.63, 3.8) is 0 Å². The normalized spacial score (nSPS) is 15.7. The second-order valence-electron chi connectivity index (χ2n) is 10.5. The Balaban J connectivity index is 1.31. The van der Waals surface area contributed by atoms with E-state index in [1.165, 1.54) is 12.1 Å². The van der Waals surface area contributed by atoms with Crippen LogP contribution in [0.5, 0.6) is 11.5 Å². The van der Waals surface area contributed by atoms with Gasteiger partial charge in [-0.25, -0.2) is 14.2 Å². The molecule has 9 nitrogen and oxygen atoms in total. The van der Waals surface area contributed by atoms with Crippen LogP contribution in [0.25, 0.3) is 0 Å². The van der Waals surface area contributed by atoms with Crippen molar-refractivity contribution in [1.29, 1.82) is 0 Å². The second kappa shape index (κ2) is 13.5. The van der Waals surface area contributed by atoms with Crippen LogP contribution in [0.2, 0.25) is 0 Å². The number of fused-ring (bicyclic) bond motifs is 1. The number of carbonyl (C=O) groups is 1. The number of nitrogens with one attached hydrogen (secondary N) is 4. The fraction of sp³-hybridized carbons (Fsp3) is 0.273. The van der Waals surface area contributed by atoms with Crippen molar-refractivity contribution >= 4 is 23.2 Å². The van der Waals surface area contributed by atoms with E-state index >= 15 is 0 Å². The first-order valence-electron chi connectivity index (χ1n) is 14.2. The van der Waals surface area contributed by atoms with Gasteiger partial charge in [-0.3, -0.25) is 5.32 Å². The summed E-state index contributed by atoms with van der Waals surface area (Å²) < 4.78 is 24.9. The SMILES string of the molecule is COc1cc2c(cc1OC)C(CCNC(=O)Nc1cc(Nc3ccccc3CN)ccn1)(Cc1ccc(F)cc1)NCC2. The molecule has 6 N–H and O–H groups in total. The molecule has 2 heterocycles. The number of amides is 2. The molecule has 43 heavy (non-hydrogen) atoms. The van der Waals surface area contributed by atoms with Crippen molar-refractivity contribution < 1.29 is 18.7 Å². The Morgan fingerprint density at radius 1 is 1.05 bits per heavy atom. The van der Waals surface area contributed by atoms with Crippen LogP contribution >= 0.6 is 0 Å². The number of benzene rings is 3. The summed E-state index contributed by atoms with van der Waals surface area (Å²) >= 11 is 0. The van der Waals surface area contributed by atoms with Crippen LogP contribution in [0, 0.1) is 5.82 Å². The molecule has 5 rings (SSSR count). The van der Waals surface area contributed by atoms with Crippen molar-refractivity contribution in [1.82, 2.24) is 15.6 Å². The van der Waals surface area contributed by atoms with Crippen molar-refractivity contribution in [2.24, 2.45) is 5.73 Å². The summed E-state index contributed by atoms with van der Waals surface area (Å²) in [6, 6.07) is 21.6. The van der Waals surface area contributed by atoms with E-state index in [9.17, 15) is 9.18 Å². The highest BCUT2D eigenvalue weighted by atomic mass is 19.1. The molecule has 1 aromatic heterocycles. The molecule has 1 aliphatic heterocycles. The van der Waals surface area contributed by atoms with E-state index in [1.54, 1.807) is 38.6 Å². The first-order valence-corrected chi connectivity index (χ1v) is 14.2. The van der Waals surface area contributed by atoms with Crippen LogP contribution in [0.15, 0.2) is 79.0 Å². The van der Waals surface area contributed by atoms with Gasteiger partial charge in [-0.05, 0) is 77.9 Å². The number of hydrogen-bond donors (Lipinski definition) is 5. The van der Waals surface area contributed by atoms with Gasteiger partial charge in [0.15, 0.2) is 11.5 Å². The molecule has 0 bridgehead atoms. The third-order valence-corrected chi connectivity index (χ3v) is 7.76. The number of anilines is 3. The molecule has 4 aromatic rings. The van der Waals surface area contributed by atoms with Crippen molar-refractivity contribution in [2.45, 2.75) is 31.3 Å². The number of hydrogen-bond acceptors (Lipinski definition) is 7. The Bertz CT molecular complexity index is 1570. The van der Waals surface area contributed by atoms with E-state index in [2.05, 4.69) is 26.3 Å². The summed E-state index contributed by atoms with van der Waals surface area (Å²) in [7, 11) is 3.24. The van der Waals surface area contributed by atoms with E-state index in [1.807, 2.05) is 42.5 Å². The lowest BCUT2D eigenvalue weighted by atomic mass is 9.75. The summed E-state index contributed by atoms with van der Waals surface area (Å²) in [5.41, 5.74) is 11.2. The van der Waals surface area contributed by atoms with Gasteiger partial charge in [0.05, 0.1) is 14.2 Å². The van der Waals surface area contributed by atoms with Crippen molar-refractivity contribution in [2.75, 3.05) is 37.9 Å². The predicted octanol–water partition coefficient (Wildman–Crippen LogP) is 5.24. The highest BCUT2D eigenvalue weighted by Gasteiger charge is 2.37. The molecule has 0 saturated heterocycles. The fourth-order valence-corrected chi connectivity index (χ4v) is 5.63. The minimum Gasteiger partial charge on any atom is -0.493 e. The maximum absolute atomic E-state index is 13.7. The predicted molar refractivity (Wildman–Crippen MR) is 167 cm³/mol. The van der Waals surface area contributed by atoms with Crippen LogP contribution in [0.1, 0.15) is 28.7 Å². The van der Waals surface area contributed by atoms with Crippen LogP contribution in [0.4, 0.5) is 26.4 Å². The van der Waals surface area contributed by atoms with Crippen LogP contribution in [-0.2, 0) is 24.9 Å². The molecule has 10 heteroatoms. The molecule has 0 aliphatic carbocycles. The molecule has 0 saturated carbocycles. The maximum atomic E-state index is 13.7. The van der Waals surface area contributed by atoms with E-state index in [4.69, 9.17) is 15.2 Å². The molecule has 1 unspecified atom stereocenters. The Labute approximate surface area is 251 Å². The maximum Gasteiger partial charge on any atom is 0.320 e. The zero-order valence-electron chi connectivity index (χ0n) is 24.4.